The third-order valence-electron chi connectivity index (χ3n) is 4.10. The number of nitrogens with one attached hydrogen (secondary N) is 2. The summed E-state index contributed by atoms with van der Waals surface area (Å²) in [4.78, 5) is 6.37. The molecule has 3 rings (SSSR count). The standard InChI is InChI=1S/C11H17N3O3S/c15-10-7-1-2-8(10)6-9(5-7)14-18(16,17)11-12-3-4-13-11/h3-4,7-10,14-15H,1-2,5-6H2,(H,12,13)/t7-,8+,9?,10?. The smallest absolute Gasteiger partial charge is 0.274 e. The fourth-order valence-electron chi connectivity index (χ4n) is 3.27. The molecule has 2 fully saturated rings. The first-order valence-corrected chi connectivity index (χ1v) is 7.74. The number of fused-ring (bicyclic) bond motifs is 2. The van der Waals surface area contributed by atoms with Crippen molar-refractivity contribution in [2.75, 3.05) is 0 Å². The van der Waals surface area contributed by atoms with Gasteiger partial charge >= 0.3 is 0 Å². The normalized spacial score (nSPS) is 35.8. The number of H-pyrrole nitrogens is 1. The van der Waals surface area contributed by atoms with Crippen LogP contribution in [0.2, 0.25) is 0 Å². The van der Waals surface area contributed by atoms with E-state index in [1.807, 2.05) is 0 Å². The van der Waals surface area contributed by atoms with Crippen LogP contribution in [0, 0.1) is 11.8 Å². The van der Waals surface area contributed by atoms with Gasteiger partial charge in [0.2, 0.25) is 5.16 Å². The van der Waals surface area contributed by atoms with Gasteiger partial charge in [0, 0.05) is 18.4 Å². The molecule has 0 aromatic carbocycles. The predicted molar refractivity (Wildman–Crippen MR) is 64.2 cm³/mol. The topological polar surface area (TPSA) is 95.1 Å². The highest BCUT2D eigenvalue weighted by molar-refractivity contribution is 7.89. The van der Waals surface area contributed by atoms with Crippen molar-refractivity contribution >= 4 is 10.0 Å². The Bertz CT molecular complexity index is 500. The number of hydrogen-bond donors (Lipinski definition) is 3. The van der Waals surface area contributed by atoms with Crippen LogP contribution >= 0.6 is 0 Å². The van der Waals surface area contributed by atoms with Crippen molar-refractivity contribution in [3.8, 4) is 0 Å². The van der Waals surface area contributed by atoms with Gasteiger partial charge in [-0.25, -0.2) is 18.1 Å². The maximum absolute atomic E-state index is 12.0. The van der Waals surface area contributed by atoms with E-state index >= 15 is 0 Å². The van der Waals surface area contributed by atoms with Gasteiger partial charge in [0.15, 0.2) is 0 Å². The summed E-state index contributed by atoms with van der Waals surface area (Å²) in [6.07, 6.45) is 6.12. The highest BCUT2D eigenvalue weighted by Gasteiger charge is 2.42. The lowest BCUT2D eigenvalue weighted by atomic mass is 9.83. The van der Waals surface area contributed by atoms with Crippen molar-refractivity contribution in [2.45, 2.75) is 43.0 Å². The summed E-state index contributed by atoms with van der Waals surface area (Å²) in [7, 11) is -3.55. The van der Waals surface area contributed by atoms with E-state index in [0.29, 0.717) is 0 Å². The van der Waals surface area contributed by atoms with Crippen molar-refractivity contribution in [1.29, 1.82) is 0 Å². The molecule has 18 heavy (non-hydrogen) atoms. The molecule has 4 atom stereocenters. The minimum absolute atomic E-state index is 0.0408. The molecule has 0 amide bonds. The number of nitrogens with zero attached hydrogens (tertiary/aromatic N) is 1. The van der Waals surface area contributed by atoms with E-state index in [1.165, 1.54) is 12.4 Å². The van der Waals surface area contributed by atoms with E-state index in [9.17, 15) is 13.5 Å². The van der Waals surface area contributed by atoms with Crippen LogP contribution in [0.25, 0.3) is 0 Å². The molecule has 1 heterocycles. The second-order valence-electron chi connectivity index (χ2n) is 5.27. The predicted octanol–water partition coefficient (Wildman–Crippen LogP) is 0.237. The number of aliphatic hydroxyl groups is 1. The average molecular weight is 271 g/mol. The van der Waals surface area contributed by atoms with Crippen LogP contribution < -0.4 is 4.72 Å². The minimum atomic E-state index is -3.55. The molecule has 0 saturated heterocycles. The molecule has 1 aromatic heterocycles. The summed E-state index contributed by atoms with van der Waals surface area (Å²) in [5.74, 6) is 0.487. The molecule has 0 spiro atoms. The van der Waals surface area contributed by atoms with Crippen molar-refractivity contribution in [2.24, 2.45) is 11.8 Å². The summed E-state index contributed by atoms with van der Waals surface area (Å²) in [6, 6.07) is -0.0824. The Morgan fingerprint density at radius 3 is 2.56 bits per heavy atom. The van der Waals surface area contributed by atoms with E-state index in [0.717, 1.165) is 25.7 Å². The molecule has 2 aliphatic carbocycles. The van der Waals surface area contributed by atoms with E-state index in [1.54, 1.807) is 0 Å². The Morgan fingerprint density at radius 2 is 2.00 bits per heavy atom. The zero-order chi connectivity index (χ0) is 12.8. The van der Waals surface area contributed by atoms with Gasteiger partial charge in [0.1, 0.15) is 0 Å². The number of sulfonamides is 1. The van der Waals surface area contributed by atoms with Gasteiger partial charge in [-0.15, -0.1) is 0 Å². The van der Waals surface area contributed by atoms with Crippen LogP contribution in [0.1, 0.15) is 25.7 Å². The fourth-order valence-corrected chi connectivity index (χ4v) is 4.43. The van der Waals surface area contributed by atoms with Crippen LogP contribution in [0.4, 0.5) is 0 Å². The molecule has 1 aromatic rings. The SMILES string of the molecule is O=S(=O)(NC1C[C@H]2CC[C@@H](C1)C2O)c1ncc[nH]1. The maximum Gasteiger partial charge on any atom is 0.274 e. The number of rotatable bonds is 3. The van der Waals surface area contributed by atoms with Crippen molar-refractivity contribution < 1.29 is 13.5 Å². The van der Waals surface area contributed by atoms with Crippen molar-refractivity contribution in [3.63, 3.8) is 0 Å². The number of aromatic nitrogens is 2. The van der Waals surface area contributed by atoms with Crippen LogP contribution in [-0.2, 0) is 10.0 Å². The van der Waals surface area contributed by atoms with Gasteiger partial charge in [-0.2, -0.15) is 0 Å². The van der Waals surface area contributed by atoms with Crippen molar-refractivity contribution in [1.82, 2.24) is 14.7 Å². The van der Waals surface area contributed by atoms with Crippen LogP contribution in [0.15, 0.2) is 17.6 Å². The highest BCUT2D eigenvalue weighted by atomic mass is 32.2. The monoisotopic (exact) mass is 271 g/mol. The van der Waals surface area contributed by atoms with Gasteiger partial charge in [0.05, 0.1) is 6.10 Å². The van der Waals surface area contributed by atoms with Gasteiger partial charge in [-0.3, -0.25) is 0 Å². The average Bonchev–Trinajstić information content (AvgIpc) is 2.89. The molecule has 100 valence electrons. The zero-order valence-electron chi connectivity index (χ0n) is 9.91. The zero-order valence-corrected chi connectivity index (χ0v) is 10.7. The summed E-state index contributed by atoms with van der Waals surface area (Å²) >= 11 is 0. The second-order valence-corrected chi connectivity index (χ2v) is 6.90. The molecule has 2 bridgehead atoms. The lowest BCUT2D eigenvalue weighted by molar-refractivity contribution is 0.0508. The molecular formula is C11H17N3O3S. The molecule has 2 unspecified atom stereocenters. The Hall–Kier alpha value is -0.920. The van der Waals surface area contributed by atoms with E-state index in [4.69, 9.17) is 0 Å². The van der Waals surface area contributed by atoms with E-state index in [-0.39, 0.29) is 29.1 Å². The van der Waals surface area contributed by atoms with Crippen LogP contribution in [0.3, 0.4) is 0 Å². The summed E-state index contributed by atoms with van der Waals surface area (Å²) in [5, 5.41) is 9.87. The third kappa shape index (κ3) is 2.06. The largest absolute Gasteiger partial charge is 0.393 e. The number of aliphatic hydroxyl groups excluding tert-OH is 1. The molecule has 6 nitrogen and oxygen atoms in total. The second kappa shape index (κ2) is 4.32. The number of hydrogen-bond acceptors (Lipinski definition) is 4. The van der Waals surface area contributed by atoms with Crippen molar-refractivity contribution in [3.05, 3.63) is 12.4 Å². The first-order chi connectivity index (χ1) is 8.56. The first kappa shape index (κ1) is 12.1. The van der Waals surface area contributed by atoms with Crippen LogP contribution in [-0.4, -0.2) is 35.6 Å². The number of aromatic amines is 1. The molecular weight excluding hydrogens is 254 g/mol. The quantitative estimate of drug-likeness (QED) is 0.733. The van der Waals surface area contributed by atoms with Gasteiger partial charge < -0.3 is 10.1 Å². The summed E-state index contributed by atoms with van der Waals surface area (Å²) < 4.78 is 26.7. The lowest BCUT2D eigenvalue weighted by Crippen LogP contribution is -2.43. The minimum Gasteiger partial charge on any atom is -0.393 e. The highest BCUT2D eigenvalue weighted by Crippen LogP contribution is 2.42. The Morgan fingerprint density at radius 1 is 1.33 bits per heavy atom. The molecule has 3 N–H and O–H groups in total. The molecule has 2 aliphatic rings. The Labute approximate surface area is 106 Å². The van der Waals surface area contributed by atoms with E-state index < -0.39 is 10.0 Å². The molecule has 2 saturated carbocycles. The van der Waals surface area contributed by atoms with Gasteiger partial charge in [0.25, 0.3) is 10.0 Å². The Kier molecular flexibility index (Phi) is 2.91. The van der Waals surface area contributed by atoms with Gasteiger partial charge in [-0.05, 0) is 37.5 Å². The summed E-state index contributed by atoms with van der Waals surface area (Å²) in [5.41, 5.74) is 0. The molecule has 7 heteroatoms. The number of imidazole rings is 1. The Balaban J connectivity index is 1.71. The van der Waals surface area contributed by atoms with Gasteiger partial charge in [-0.1, -0.05) is 0 Å². The lowest BCUT2D eigenvalue weighted by Gasteiger charge is -2.32. The van der Waals surface area contributed by atoms with E-state index in [2.05, 4.69) is 14.7 Å². The molecule has 0 aliphatic heterocycles. The van der Waals surface area contributed by atoms with Crippen LogP contribution in [0.5, 0.6) is 0 Å². The first-order valence-electron chi connectivity index (χ1n) is 6.26. The summed E-state index contributed by atoms with van der Waals surface area (Å²) in [6.45, 7) is 0. The molecule has 0 radical (unpaired) electrons. The maximum atomic E-state index is 12.0. The third-order valence-corrected chi connectivity index (χ3v) is 5.47. The fraction of sp³-hybridized carbons (Fsp3) is 0.727.